The second-order valence-electron chi connectivity index (χ2n) is 6.29. The summed E-state index contributed by atoms with van der Waals surface area (Å²) in [6.07, 6.45) is 1.05. The smallest absolute Gasteiger partial charge is 0.243 e. The van der Waals surface area contributed by atoms with Crippen molar-refractivity contribution in [3.05, 3.63) is 59.9 Å². The van der Waals surface area contributed by atoms with E-state index in [2.05, 4.69) is 5.32 Å². The summed E-state index contributed by atoms with van der Waals surface area (Å²) in [5.41, 5.74) is 0.884. The Hall–Kier alpha value is -2.45. The van der Waals surface area contributed by atoms with Crippen LogP contribution in [0.4, 0.5) is 4.39 Å². The number of carbonyl (C=O) groups excluding carboxylic acids is 1. The van der Waals surface area contributed by atoms with Crippen LogP contribution in [-0.2, 0) is 21.4 Å². The molecule has 0 unspecified atom stereocenters. The van der Waals surface area contributed by atoms with Crippen molar-refractivity contribution in [3.8, 4) is 5.75 Å². The number of benzene rings is 2. The Morgan fingerprint density at radius 2 is 1.85 bits per heavy atom. The van der Waals surface area contributed by atoms with E-state index in [-0.39, 0.29) is 17.3 Å². The zero-order chi connectivity index (χ0) is 19.4. The van der Waals surface area contributed by atoms with E-state index in [1.54, 1.807) is 19.2 Å². The zero-order valence-electron chi connectivity index (χ0n) is 14.9. The molecule has 1 heterocycles. The SMILES string of the molecule is COc1ccc(CNC(=O)[C@@H]2CCCN2S(=O)(=O)c2ccc(F)cc2)cc1. The lowest BCUT2D eigenvalue weighted by molar-refractivity contribution is -0.124. The van der Waals surface area contributed by atoms with Gasteiger partial charge in [-0.1, -0.05) is 12.1 Å². The first-order valence-corrected chi connectivity index (χ1v) is 10.0. The van der Waals surface area contributed by atoms with Crippen LogP contribution in [0.5, 0.6) is 5.75 Å². The van der Waals surface area contributed by atoms with Gasteiger partial charge in [0.25, 0.3) is 0 Å². The van der Waals surface area contributed by atoms with Gasteiger partial charge in [0.2, 0.25) is 15.9 Å². The number of halogens is 1. The van der Waals surface area contributed by atoms with Gasteiger partial charge in [0, 0.05) is 13.1 Å². The summed E-state index contributed by atoms with van der Waals surface area (Å²) in [6.45, 7) is 0.560. The summed E-state index contributed by atoms with van der Waals surface area (Å²) in [7, 11) is -2.28. The van der Waals surface area contributed by atoms with Gasteiger partial charge < -0.3 is 10.1 Å². The molecule has 0 aromatic heterocycles. The van der Waals surface area contributed by atoms with Crippen molar-refractivity contribution in [2.75, 3.05) is 13.7 Å². The predicted molar refractivity (Wildman–Crippen MR) is 98.2 cm³/mol. The summed E-state index contributed by atoms with van der Waals surface area (Å²) >= 11 is 0. The fraction of sp³-hybridized carbons (Fsp3) is 0.316. The molecule has 0 aliphatic carbocycles. The van der Waals surface area contributed by atoms with Crippen molar-refractivity contribution in [2.24, 2.45) is 0 Å². The van der Waals surface area contributed by atoms with Crippen LogP contribution >= 0.6 is 0 Å². The van der Waals surface area contributed by atoms with Crippen molar-refractivity contribution in [1.82, 2.24) is 9.62 Å². The maximum atomic E-state index is 13.1. The van der Waals surface area contributed by atoms with Crippen LogP contribution in [0.3, 0.4) is 0 Å². The number of sulfonamides is 1. The number of ether oxygens (including phenoxy) is 1. The molecule has 2 aromatic rings. The van der Waals surface area contributed by atoms with Gasteiger partial charge in [-0.3, -0.25) is 4.79 Å². The van der Waals surface area contributed by atoms with Crippen molar-refractivity contribution in [1.29, 1.82) is 0 Å². The van der Waals surface area contributed by atoms with Gasteiger partial charge >= 0.3 is 0 Å². The molecule has 0 spiro atoms. The van der Waals surface area contributed by atoms with E-state index in [1.807, 2.05) is 12.1 Å². The van der Waals surface area contributed by atoms with Gasteiger partial charge in [0.1, 0.15) is 17.6 Å². The lowest BCUT2D eigenvalue weighted by Gasteiger charge is -2.23. The van der Waals surface area contributed by atoms with E-state index in [0.29, 0.717) is 19.4 Å². The molecule has 2 aromatic carbocycles. The van der Waals surface area contributed by atoms with E-state index in [1.165, 1.54) is 16.4 Å². The number of methoxy groups -OCH3 is 1. The molecule has 1 N–H and O–H groups in total. The number of nitrogens with one attached hydrogen (secondary N) is 1. The second-order valence-corrected chi connectivity index (χ2v) is 8.18. The van der Waals surface area contributed by atoms with Crippen molar-refractivity contribution in [3.63, 3.8) is 0 Å². The van der Waals surface area contributed by atoms with E-state index in [9.17, 15) is 17.6 Å². The Bertz CT molecular complexity index is 898. The molecule has 144 valence electrons. The Labute approximate surface area is 158 Å². The van der Waals surface area contributed by atoms with E-state index >= 15 is 0 Å². The largest absolute Gasteiger partial charge is 0.497 e. The molecule has 1 fully saturated rings. The lowest BCUT2D eigenvalue weighted by atomic mass is 10.2. The van der Waals surface area contributed by atoms with Crippen LogP contribution in [0.15, 0.2) is 53.4 Å². The zero-order valence-corrected chi connectivity index (χ0v) is 15.7. The van der Waals surface area contributed by atoms with Gasteiger partial charge in [-0.2, -0.15) is 4.31 Å². The Morgan fingerprint density at radius 3 is 2.48 bits per heavy atom. The third-order valence-corrected chi connectivity index (χ3v) is 6.47. The quantitative estimate of drug-likeness (QED) is 0.819. The topological polar surface area (TPSA) is 75.7 Å². The van der Waals surface area contributed by atoms with E-state index < -0.39 is 21.9 Å². The average molecular weight is 392 g/mol. The van der Waals surface area contributed by atoms with Crippen molar-refractivity contribution < 1.29 is 22.3 Å². The molecule has 8 heteroatoms. The molecule has 0 radical (unpaired) electrons. The van der Waals surface area contributed by atoms with Crippen molar-refractivity contribution >= 4 is 15.9 Å². The maximum Gasteiger partial charge on any atom is 0.243 e. The normalized spacial score (nSPS) is 17.6. The van der Waals surface area contributed by atoms with Crippen LogP contribution in [0.25, 0.3) is 0 Å². The highest BCUT2D eigenvalue weighted by atomic mass is 32.2. The second kappa shape index (κ2) is 8.06. The minimum absolute atomic E-state index is 0.0150. The number of amides is 1. The molecule has 1 saturated heterocycles. The highest BCUT2D eigenvalue weighted by Crippen LogP contribution is 2.26. The summed E-state index contributed by atoms with van der Waals surface area (Å²) in [5, 5.41) is 2.80. The van der Waals surface area contributed by atoms with Crippen LogP contribution in [0, 0.1) is 5.82 Å². The first-order chi connectivity index (χ1) is 12.9. The average Bonchev–Trinajstić information content (AvgIpc) is 3.18. The minimum Gasteiger partial charge on any atom is -0.497 e. The number of hydrogen-bond donors (Lipinski definition) is 1. The first kappa shape index (κ1) is 19.3. The summed E-state index contributed by atoms with van der Waals surface area (Å²) in [5.74, 6) is -0.129. The van der Waals surface area contributed by atoms with Crippen LogP contribution in [0.1, 0.15) is 18.4 Å². The Balaban J connectivity index is 1.69. The molecule has 3 rings (SSSR count). The minimum atomic E-state index is -3.85. The molecule has 0 bridgehead atoms. The fourth-order valence-corrected chi connectivity index (χ4v) is 4.74. The maximum absolute atomic E-state index is 13.1. The van der Waals surface area contributed by atoms with Gasteiger partial charge in [-0.25, -0.2) is 12.8 Å². The standard InChI is InChI=1S/C19H21FN2O4S/c1-26-16-8-4-14(5-9-16)13-21-19(23)18-3-2-12-22(18)27(24,25)17-10-6-15(20)7-11-17/h4-11,18H,2-3,12-13H2,1H3,(H,21,23)/t18-/m0/s1. The van der Waals surface area contributed by atoms with Gasteiger partial charge in [-0.05, 0) is 54.8 Å². The van der Waals surface area contributed by atoms with Gasteiger partial charge in [-0.15, -0.1) is 0 Å². The van der Waals surface area contributed by atoms with Gasteiger partial charge in [0.15, 0.2) is 0 Å². The molecule has 1 aliphatic heterocycles. The molecule has 1 atom stereocenters. The third-order valence-electron chi connectivity index (χ3n) is 4.55. The summed E-state index contributed by atoms with van der Waals surface area (Å²) < 4.78 is 45.0. The highest BCUT2D eigenvalue weighted by Gasteiger charge is 2.39. The lowest BCUT2D eigenvalue weighted by Crippen LogP contribution is -2.45. The fourth-order valence-electron chi connectivity index (χ4n) is 3.08. The summed E-state index contributed by atoms with van der Waals surface area (Å²) in [4.78, 5) is 12.6. The molecule has 1 amide bonds. The van der Waals surface area contributed by atoms with Crippen LogP contribution < -0.4 is 10.1 Å². The monoisotopic (exact) mass is 392 g/mol. The molecule has 0 saturated carbocycles. The third kappa shape index (κ3) is 4.28. The van der Waals surface area contributed by atoms with E-state index in [4.69, 9.17) is 4.74 Å². The summed E-state index contributed by atoms with van der Waals surface area (Å²) in [6, 6.07) is 11.1. The first-order valence-electron chi connectivity index (χ1n) is 8.60. The Morgan fingerprint density at radius 1 is 1.19 bits per heavy atom. The highest BCUT2D eigenvalue weighted by molar-refractivity contribution is 7.89. The number of rotatable bonds is 6. The van der Waals surface area contributed by atoms with Gasteiger partial charge in [0.05, 0.1) is 12.0 Å². The van der Waals surface area contributed by atoms with Crippen LogP contribution in [0.2, 0.25) is 0 Å². The predicted octanol–water partition coefficient (Wildman–Crippen LogP) is 2.30. The number of nitrogens with zero attached hydrogens (tertiary/aromatic N) is 1. The number of carbonyl (C=O) groups is 1. The molecular weight excluding hydrogens is 371 g/mol. The van der Waals surface area contributed by atoms with Crippen molar-refractivity contribution in [2.45, 2.75) is 30.3 Å². The Kier molecular flexibility index (Phi) is 5.76. The van der Waals surface area contributed by atoms with E-state index in [0.717, 1.165) is 23.4 Å². The molecule has 1 aliphatic rings. The number of hydrogen-bond acceptors (Lipinski definition) is 4. The molecule has 6 nitrogen and oxygen atoms in total. The molecule has 27 heavy (non-hydrogen) atoms. The molecular formula is C19H21FN2O4S. The van der Waals surface area contributed by atoms with Crippen LogP contribution in [-0.4, -0.2) is 38.3 Å².